The summed E-state index contributed by atoms with van der Waals surface area (Å²) in [6, 6.07) is 0.416. The van der Waals surface area contributed by atoms with E-state index >= 15 is 0 Å². The molecule has 2 fully saturated rings. The predicted octanol–water partition coefficient (Wildman–Crippen LogP) is 0.717. The van der Waals surface area contributed by atoms with Crippen LogP contribution in [0.25, 0.3) is 0 Å². The van der Waals surface area contributed by atoms with Crippen LogP contribution < -0.4 is 5.32 Å². The molecule has 2 saturated heterocycles. The molecular formula is C12H22N2O2S. The zero-order valence-electron chi connectivity index (χ0n) is 10.6. The maximum Gasteiger partial charge on any atom is 0.239 e. The summed E-state index contributed by atoms with van der Waals surface area (Å²) < 4.78 is 5.26. The van der Waals surface area contributed by atoms with Crippen LogP contribution in [0, 0.1) is 0 Å². The first kappa shape index (κ1) is 13.2. The van der Waals surface area contributed by atoms with Gasteiger partial charge in [0.2, 0.25) is 5.91 Å². The van der Waals surface area contributed by atoms with E-state index in [1.54, 1.807) is 0 Å². The van der Waals surface area contributed by atoms with E-state index in [0.29, 0.717) is 24.5 Å². The zero-order valence-corrected chi connectivity index (χ0v) is 11.5. The number of carbonyl (C=O) groups is 1. The van der Waals surface area contributed by atoms with Crippen LogP contribution >= 0.6 is 11.8 Å². The Balaban J connectivity index is 1.81. The van der Waals surface area contributed by atoms with Gasteiger partial charge in [0.05, 0.1) is 19.3 Å². The molecule has 0 saturated carbocycles. The Morgan fingerprint density at radius 2 is 2.18 bits per heavy atom. The fourth-order valence-electron chi connectivity index (χ4n) is 2.40. The number of hydrogen-bond donors (Lipinski definition) is 1. The number of rotatable bonds is 3. The first-order chi connectivity index (χ1) is 8.18. The molecule has 0 radical (unpaired) electrons. The molecule has 1 N–H and O–H groups in total. The van der Waals surface area contributed by atoms with Crippen molar-refractivity contribution in [2.24, 2.45) is 0 Å². The van der Waals surface area contributed by atoms with Gasteiger partial charge in [-0.2, -0.15) is 11.8 Å². The third kappa shape index (κ3) is 3.36. The van der Waals surface area contributed by atoms with Crippen LogP contribution in [0.3, 0.4) is 0 Å². The molecule has 0 spiro atoms. The molecule has 2 aliphatic heterocycles. The molecule has 0 aliphatic carbocycles. The lowest BCUT2D eigenvalue weighted by Crippen LogP contribution is -2.52. The van der Waals surface area contributed by atoms with Crippen molar-refractivity contribution in [3.63, 3.8) is 0 Å². The monoisotopic (exact) mass is 258 g/mol. The lowest BCUT2D eigenvalue weighted by atomic mass is 10.1. The highest BCUT2D eigenvalue weighted by Gasteiger charge is 2.29. The molecule has 3 unspecified atom stereocenters. The van der Waals surface area contributed by atoms with E-state index in [4.69, 9.17) is 4.74 Å². The van der Waals surface area contributed by atoms with Crippen molar-refractivity contribution in [1.29, 1.82) is 0 Å². The predicted molar refractivity (Wildman–Crippen MR) is 70.3 cm³/mol. The number of amides is 1. The maximum absolute atomic E-state index is 12.2. The Hall–Kier alpha value is -0.260. The fourth-order valence-corrected chi connectivity index (χ4v) is 3.61. The molecular weight excluding hydrogens is 236 g/mol. The van der Waals surface area contributed by atoms with Crippen molar-refractivity contribution in [3.8, 4) is 0 Å². The van der Waals surface area contributed by atoms with Crippen LogP contribution in [-0.4, -0.2) is 60.2 Å². The van der Waals surface area contributed by atoms with Gasteiger partial charge in [0.25, 0.3) is 0 Å². The molecule has 17 heavy (non-hydrogen) atoms. The summed E-state index contributed by atoms with van der Waals surface area (Å²) in [6.45, 7) is 7.04. The smallest absolute Gasteiger partial charge is 0.239 e. The first-order valence-corrected chi connectivity index (χ1v) is 7.47. The topological polar surface area (TPSA) is 41.6 Å². The molecule has 0 bridgehead atoms. The highest BCUT2D eigenvalue weighted by molar-refractivity contribution is 8.00. The van der Waals surface area contributed by atoms with Gasteiger partial charge in [-0.05, 0) is 19.1 Å². The summed E-state index contributed by atoms with van der Waals surface area (Å²) in [5.41, 5.74) is 0. The standard InChI is InChI=1S/C12H22N2O2S/c1-9(13-11-3-8-17-10(11)2)12(15)14-4-6-16-7-5-14/h9-11,13H,3-8H2,1-2H3. The number of carbonyl (C=O) groups excluding carboxylic acids is 1. The SMILES string of the molecule is CC(NC1CCSC1C)C(=O)N1CCOCC1. The van der Waals surface area contributed by atoms with Gasteiger partial charge in [-0.15, -0.1) is 0 Å². The van der Waals surface area contributed by atoms with Crippen LogP contribution in [-0.2, 0) is 9.53 Å². The van der Waals surface area contributed by atoms with Crippen molar-refractivity contribution >= 4 is 17.7 Å². The van der Waals surface area contributed by atoms with Crippen molar-refractivity contribution in [2.75, 3.05) is 32.1 Å². The Labute approximate surface area is 107 Å². The van der Waals surface area contributed by atoms with Crippen molar-refractivity contribution in [1.82, 2.24) is 10.2 Å². The lowest BCUT2D eigenvalue weighted by molar-refractivity contribution is -0.137. The molecule has 0 aromatic carbocycles. The van der Waals surface area contributed by atoms with E-state index in [2.05, 4.69) is 12.2 Å². The fraction of sp³-hybridized carbons (Fsp3) is 0.917. The van der Waals surface area contributed by atoms with Gasteiger partial charge in [0, 0.05) is 24.4 Å². The van der Waals surface area contributed by atoms with Gasteiger partial charge in [-0.3, -0.25) is 4.79 Å². The second-order valence-corrected chi connectivity index (χ2v) is 6.28. The first-order valence-electron chi connectivity index (χ1n) is 6.42. The van der Waals surface area contributed by atoms with Crippen molar-refractivity contribution in [3.05, 3.63) is 0 Å². The summed E-state index contributed by atoms with van der Waals surface area (Å²) >= 11 is 1.99. The second kappa shape index (κ2) is 6.07. The normalized spacial score (nSPS) is 31.5. The van der Waals surface area contributed by atoms with Crippen LogP contribution in [0.1, 0.15) is 20.3 Å². The second-order valence-electron chi connectivity index (χ2n) is 4.80. The van der Waals surface area contributed by atoms with E-state index < -0.39 is 0 Å². The van der Waals surface area contributed by atoms with Crippen LogP contribution in [0.15, 0.2) is 0 Å². The van der Waals surface area contributed by atoms with Crippen molar-refractivity contribution in [2.45, 2.75) is 37.6 Å². The number of morpholine rings is 1. The molecule has 4 nitrogen and oxygen atoms in total. The van der Waals surface area contributed by atoms with Crippen LogP contribution in [0.2, 0.25) is 0 Å². The molecule has 0 aromatic rings. The molecule has 1 amide bonds. The zero-order chi connectivity index (χ0) is 12.3. The number of thioether (sulfide) groups is 1. The lowest BCUT2D eigenvalue weighted by Gasteiger charge is -2.31. The largest absolute Gasteiger partial charge is 0.378 e. The summed E-state index contributed by atoms with van der Waals surface area (Å²) in [7, 11) is 0. The van der Waals surface area contributed by atoms with E-state index in [1.807, 2.05) is 23.6 Å². The van der Waals surface area contributed by atoms with Gasteiger partial charge in [0.15, 0.2) is 0 Å². The average molecular weight is 258 g/mol. The Bertz CT molecular complexity index is 269. The van der Waals surface area contributed by atoms with E-state index in [9.17, 15) is 4.79 Å². The minimum absolute atomic E-state index is 0.0701. The summed E-state index contributed by atoms with van der Waals surface area (Å²) in [4.78, 5) is 14.1. The van der Waals surface area contributed by atoms with Gasteiger partial charge >= 0.3 is 0 Å². The maximum atomic E-state index is 12.2. The molecule has 2 aliphatic rings. The Kier molecular flexibility index (Phi) is 4.70. The highest BCUT2D eigenvalue weighted by Crippen LogP contribution is 2.26. The van der Waals surface area contributed by atoms with E-state index in [-0.39, 0.29) is 11.9 Å². The minimum Gasteiger partial charge on any atom is -0.378 e. The number of nitrogens with one attached hydrogen (secondary N) is 1. The highest BCUT2D eigenvalue weighted by atomic mass is 32.2. The van der Waals surface area contributed by atoms with Gasteiger partial charge in [0.1, 0.15) is 0 Å². The average Bonchev–Trinajstić information content (AvgIpc) is 2.75. The minimum atomic E-state index is -0.0701. The van der Waals surface area contributed by atoms with Gasteiger partial charge in [-0.1, -0.05) is 6.92 Å². The Morgan fingerprint density at radius 3 is 2.76 bits per heavy atom. The molecule has 98 valence electrons. The summed E-state index contributed by atoms with van der Waals surface area (Å²) in [6.07, 6.45) is 1.17. The van der Waals surface area contributed by atoms with E-state index in [0.717, 1.165) is 13.1 Å². The summed E-state index contributed by atoms with van der Waals surface area (Å²) in [5, 5.41) is 4.09. The van der Waals surface area contributed by atoms with Gasteiger partial charge in [-0.25, -0.2) is 0 Å². The van der Waals surface area contributed by atoms with E-state index in [1.165, 1.54) is 12.2 Å². The quantitative estimate of drug-likeness (QED) is 0.810. The third-order valence-electron chi connectivity index (χ3n) is 3.53. The summed E-state index contributed by atoms with van der Waals surface area (Å²) in [5.74, 6) is 1.43. The number of ether oxygens (including phenoxy) is 1. The number of hydrogen-bond acceptors (Lipinski definition) is 4. The van der Waals surface area contributed by atoms with Crippen LogP contribution in [0.5, 0.6) is 0 Å². The Morgan fingerprint density at radius 1 is 1.47 bits per heavy atom. The molecule has 2 heterocycles. The van der Waals surface area contributed by atoms with Crippen molar-refractivity contribution < 1.29 is 9.53 Å². The molecule has 0 aromatic heterocycles. The number of nitrogens with zero attached hydrogens (tertiary/aromatic N) is 1. The molecule has 5 heteroatoms. The van der Waals surface area contributed by atoms with Crippen LogP contribution in [0.4, 0.5) is 0 Å². The third-order valence-corrected chi connectivity index (χ3v) is 4.86. The van der Waals surface area contributed by atoms with Gasteiger partial charge < -0.3 is 15.0 Å². The molecule has 2 rings (SSSR count). The molecule has 3 atom stereocenters.